The molecule has 2 atom stereocenters. The Morgan fingerprint density at radius 3 is 2.89 bits per heavy atom. The third-order valence-corrected chi connectivity index (χ3v) is 2.05. The highest BCUT2D eigenvalue weighted by Crippen LogP contribution is 2.21. The third kappa shape index (κ3) is 1.43. The molecule has 0 spiro atoms. The van der Waals surface area contributed by atoms with Gasteiger partial charge in [0.15, 0.2) is 0 Å². The van der Waals surface area contributed by atoms with Crippen molar-refractivity contribution in [2.24, 2.45) is 11.7 Å². The molecule has 1 saturated heterocycles. The van der Waals surface area contributed by atoms with Crippen LogP contribution in [-0.4, -0.2) is 19.3 Å². The molecule has 0 aromatic carbocycles. The molecule has 0 bridgehead atoms. The lowest BCUT2D eigenvalue weighted by atomic mass is 10.0. The second-order valence-corrected chi connectivity index (χ2v) is 2.60. The van der Waals surface area contributed by atoms with Gasteiger partial charge < -0.3 is 10.5 Å². The van der Waals surface area contributed by atoms with Crippen molar-refractivity contribution in [3.05, 3.63) is 0 Å². The van der Waals surface area contributed by atoms with E-state index in [9.17, 15) is 0 Å². The first kappa shape index (κ1) is 7.03. The number of nitrogens with two attached hydrogens (primary N) is 1. The molecular weight excluding hydrogens is 114 g/mol. The van der Waals surface area contributed by atoms with E-state index in [4.69, 9.17) is 10.5 Å². The van der Waals surface area contributed by atoms with Gasteiger partial charge in [-0.05, 0) is 25.3 Å². The van der Waals surface area contributed by atoms with Crippen molar-refractivity contribution < 1.29 is 4.74 Å². The molecule has 1 rings (SSSR count). The molecular formula is C7H15NO. The van der Waals surface area contributed by atoms with Gasteiger partial charge in [-0.2, -0.15) is 0 Å². The molecule has 2 nitrogen and oxygen atoms in total. The summed E-state index contributed by atoms with van der Waals surface area (Å²) in [4.78, 5) is 0. The Balaban J connectivity index is 2.32. The second-order valence-electron chi connectivity index (χ2n) is 2.60. The van der Waals surface area contributed by atoms with Crippen molar-refractivity contribution in [2.45, 2.75) is 25.9 Å². The van der Waals surface area contributed by atoms with Gasteiger partial charge in [-0.25, -0.2) is 0 Å². The topological polar surface area (TPSA) is 35.2 Å². The minimum absolute atomic E-state index is 0.454. The lowest BCUT2D eigenvalue weighted by molar-refractivity contribution is 0.0892. The lowest BCUT2D eigenvalue weighted by Crippen LogP contribution is -2.22. The van der Waals surface area contributed by atoms with Crippen LogP contribution in [0.5, 0.6) is 0 Å². The van der Waals surface area contributed by atoms with E-state index in [-0.39, 0.29) is 0 Å². The van der Waals surface area contributed by atoms with E-state index in [0.29, 0.717) is 12.0 Å². The van der Waals surface area contributed by atoms with Gasteiger partial charge in [-0.15, -0.1) is 0 Å². The van der Waals surface area contributed by atoms with Crippen molar-refractivity contribution in [1.82, 2.24) is 0 Å². The summed E-state index contributed by atoms with van der Waals surface area (Å²) in [6.07, 6.45) is 2.73. The van der Waals surface area contributed by atoms with Gasteiger partial charge in [-0.1, -0.05) is 6.92 Å². The van der Waals surface area contributed by atoms with Crippen LogP contribution in [0.3, 0.4) is 0 Å². The van der Waals surface area contributed by atoms with E-state index in [2.05, 4.69) is 6.92 Å². The van der Waals surface area contributed by atoms with Crippen molar-refractivity contribution in [1.29, 1.82) is 0 Å². The quantitative estimate of drug-likeness (QED) is 0.597. The van der Waals surface area contributed by atoms with Crippen LogP contribution in [0.4, 0.5) is 0 Å². The van der Waals surface area contributed by atoms with Gasteiger partial charge in [0.05, 0.1) is 6.10 Å². The first-order chi connectivity index (χ1) is 4.38. The highest BCUT2D eigenvalue weighted by molar-refractivity contribution is 4.75. The molecule has 1 heterocycles. The Morgan fingerprint density at radius 1 is 1.67 bits per heavy atom. The van der Waals surface area contributed by atoms with Crippen molar-refractivity contribution in [3.63, 3.8) is 0 Å². The molecule has 0 radical (unpaired) electrons. The summed E-state index contributed by atoms with van der Waals surface area (Å²) in [5.41, 5.74) is 5.52. The van der Waals surface area contributed by atoms with E-state index < -0.39 is 0 Å². The molecule has 1 fully saturated rings. The van der Waals surface area contributed by atoms with E-state index in [0.717, 1.165) is 26.0 Å². The minimum Gasteiger partial charge on any atom is -0.378 e. The highest BCUT2D eigenvalue weighted by Gasteiger charge is 2.24. The van der Waals surface area contributed by atoms with Crippen LogP contribution in [0, 0.1) is 5.92 Å². The van der Waals surface area contributed by atoms with Gasteiger partial charge in [0.1, 0.15) is 0 Å². The standard InChI is InChI=1S/C7H15NO/c1-2-7-6(5-8)3-4-9-7/h6-7H,2-5,8H2,1H3. The zero-order valence-corrected chi connectivity index (χ0v) is 5.97. The van der Waals surface area contributed by atoms with E-state index in [1.165, 1.54) is 0 Å². The van der Waals surface area contributed by atoms with Crippen LogP contribution in [-0.2, 0) is 4.74 Å². The average molecular weight is 129 g/mol. The zero-order chi connectivity index (χ0) is 6.69. The van der Waals surface area contributed by atoms with Gasteiger partial charge in [0, 0.05) is 6.61 Å². The molecule has 54 valence electrons. The van der Waals surface area contributed by atoms with Gasteiger partial charge in [0.2, 0.25) is 0 Å². The van der Waals surface area contributed by atoms with Crippen LogP contribution in [0.25, 0.3) is 0 Å². The Kier molecular flexibility index (Phi) is 2.49. The summed E-state index contributed by atoms with van der Waals surface area (Å²) in [5.74, 6) is 0.634. The van der Waals surface area contributed by atoms with E-state index in [1.54, 1.807) is 0 Å². The number of hydrogen-bond donors (Lipinski definition) is 1. The van der Waals surface area contributed by atoms with Crippen LogP contribution >= 0.6 is 0 Å². The maximum absolute atomic E-state index is 5.52. The molecule has 0 amide bonds. The zero-order valence-electron chi connectivity index (χ0n) is 5.97. The van der Waals surface area contributed by atoms with Crippen LogP contribution in [0.15, 0.2) is 0 Å². The molecule has 1 aliphatic rings. The molecule has 2 N–H and O–H groups in total. The SMILES string of the molecule is CCC1OCCC1CN. The van der Waals surface area contributed by atoms with E-state index in [1.807, 2.05) is 0 Å². The number of hydrogen-bond acceptors (Lipinski definition) is 2. The number of rotatable bonds is 2. The first-order valence-corrected chi connectivity index (χ1v) is 3.70. The number of ether oxygens (including phenoxy) is 1. The van der Waals surface area contributed by atoms with Crippen molar-refractivity contribution in [2.75, 3.05) is 13.2 Å². The Hall–Kier alpha value is -0.0800. The highest BCUT2D eigenvalue weighted by atomic mass is 16.5. The van der Waals surface area contributed by atoms with Crippen LogP contribution in [0.2, 0.25) is 0 Å². The third-order valence-electron chi connectivity index (χ3n) is 2.05. The summed E-state index contributed by atoms with van der Waals surface area (Å²) < 4.78 is 5.43. The lowest BCUT2D eigenvalue weighted by Gasteiger charge is -2.13. The first-order valence-electron chi connectivity index (χ1n) is 3.70. The van der Waals surface area contributed by atoms with Crippen molar-refractivity contribution in [3.8, 4) is 0 Å². The normalized spacial score (nSPS) is 35.3. The molecule has 0 aliphatic carbocycles. The van der Waals surface area contributed by atoms with Crippen molar-refractivity contribution >= 4 is 0 Å². The second kappa shape index (κ2) is 3.18. The molecule has 2 unspecified atom stereocenters. The molecule has 9 heavy (non-hydrogen) atoms. The minimum atomic E-state index is 0.454. The summed E-state index contributed by atoms with van der Waals surface area (Å²) >= 11 is 0. The van der Waals surface area contributed by atoms with Crippen LogP contribution in [0.1, 0.15) is 19.8 Å². The monoisotopic (exact) mass is 129 g/mol. The summed E-state index contributed by atoms with van der Waals surface area (Å²) in [5, 5.41) is 0. The molecule has 0 aromatic rings. The fourth-order valence-electron chi connectivity index (χ4n) is 1.41. The smallest absolute Gasteiger partial charge is 0.0613 e. The molecule has 0 aromatic heterocycles. The van der Waals surface area contributed by atoms with Gasteiger partial charge in [0.25, 0.3) is 0 Å². The Bertz CT molecular complexity index is 75.0. The summed E-state index contributed by atoms with van der Waals surface area (Å²) in [6.45, 7) is 3.86. The Labute approximate surface area is 56.4 Å². The average Bonchev–Trinajstić information content (AvgIpc) is 2.33. The summed E-state index contributed by atoms with van der Waals surface area (Å²) in [6, 6.07) is 0. The maximum Gasteiger partial charge on any atom is 0.0613 e. The van der Waals surface area contributed by atoms with Crippen LogP contribution < -0.4 is 5.73 Å². The largest absolute Gasteiger partial charge is 0.378 e. The maximum atomic E-state index is 5.52. The fraction of sp³-hybridized carbons (Fsp3) is 1.00. The fourth-order valence-corrected chi connectivity index (χ4v) is 1.41. The van der Waals surface area contributed by atoms with Gasteiger partial charge >= 0.3 is 0 Å². The summed E-state index contributed by atoms with van der Waals surface area (Å²) in [7, 11) is 0. The van der Waals surface area contributed by atoms with Gasteiger partial charge in [-0.3, -0.25) is 0 Å². The molecule has 1 aliphatic heterocycles. The predicted octanol–water partition coefficient (Wildman–Crippen LogP) is 0.760. The Morgan fingerprint density at radius 2 is 2.44 bits per heavy atom. The molecule has 0 saturated carbocycles. The van der Waals surface area contributed by atoms with E-state index >= 15 is 0 Å². The molecule has 2 heteroatoms. The predicted molar refractivity (Wildman–Crippen MR) is 37.2 cm³/mol.